The summed E-state index contributed by atoms with van der Waals surface area (Å²) in [5.41, 5.74) is 0.506. The fraction of sp³-hybridized carbons (Fsp3) is 0.278. The van der Waals surface area contributed by atoms with E-state index in [1.807, 2.05) is 0 Å². The van der Waals surface area contributed by atoms with Crippen molar-refractivity contribution in [2.75, 3.05) is 19.8 Å². The molecule has 1 amide bonds. The van der Waals surface area contributed by atoms with Crippen LogP contribution in [0.4, 0.5) is 8.78 Å². The number of benzene rings is 2. The standard InChI is InChI=1S/C18H17F2NO3/c19-16-6-5-15(9-17(16)20)24-14-3-1-13(2-4-14)18(22)21-10-12-7-8-23-11-12/h1-6,9,12H,7-8,10-11H2,(H,21,22)/t12-/m1/s1. The van der Waals surface area contributed by atoms with Crippen LogP contribution >= 0.6 is 0 Å². The van der Waals surface area contributed by atoms with E-state index >= 15 is 0 Å². The zero-order chi connectivity index (χ0) is 16.9. The highest BCUT2D eigenvalue weighted by Crippen LogP contribution is 2.23. The molecule has 2 aromatic carbocycles. The van der Waals surface area contributed by atoms with Crippen molar-refractivity contribution in [3.63, 3.8) is 0 Å². The molecule has 0 bridgehead atoms. The van der Waals surface area contributed by atoms with E-state index in [1.165, 1.54) is 6.07 Å². The van der Waals surface area contributed by atoms with Crippen molar-refractivity contribution in [2.45, 2.75) is 6.42 Å². The highest BCUT2D eigenvalue weighted by molar-refractivity contribution is 5.94. The van der Waals surface area contributed by atoms with Crippen molar-refractivity contribution in [3.8, 4) is 11.5 Å². The molecule has 3 rings (SSSR count). The van der Waals surface area contributed by atoms with Crippen molar-refractivity contribution in [1.82, 2.24) is 5.32 Å². The number of halogens is 2. The van der Waals surface area contributed by atoms with E-state index in [0.717, 1.165) is 25.2 Å². The largest absolute Gasteiger partial charge is 0.457 e. The number of nitrogens with one attached hydrogen (secondary N) is 1. The lowest BCUT2D eigenvalue weighted by atomic mass is 10.1. The second-order valence-corrected chi connectivity index (χ2v) is 5.64. The molecular weight excluding hydrogens is 316 g/mol. The lowest BCUT2D eigenvalue weighted by Crippen LogP contribution is -2.29. The maximum Gasteiger partial charge on any atom is 0.251 e. The Morgan fingerprint density at radius 1 is 1.12 bits per heavy atom. The van der Waals surface area contributed by atoms with E-state index in [2.05, 4.69) is 5.32 Å². The van der Waals surface area contributed by atoms with E-state index < -0.39 is 11.6 Å². The van der Waals surface area contributed by atoms with E-state index in [0.29, 0.717) is 30.4 Å². The number of rotatable bonds is 5. The molecule has 1 heterocycles. The first-order chi connectivity index (χ1) is 11.6. The van der Waals surface area contributed by atoms with Gasteiger partial charge in [-0.3, -0.25) is 4.79 Å². The molecule has 0 aliphatic carbocycles. The van der Waals surface area contributed by atoms with Crippen LogP contribution in [0, 0.1) is 17.6 Å². The maximum absolute atomic E-state index is 13.1. The molecule has 1 fully saturated rings. The molecule has 0 spiro atoms. The number of carbonyl (C=O) groups is 1. The summed E-state index contributed by atoms with van der Waals surface area (Å²) in [5, 5.41) is 2.87. The minimum atomic E-state index is -0.973. The molecule has 1 saturated heterocycles. The zero-order valence-corrected chi connectivity index (χ0v) is 12.9. The maximum atomic E-state index is 13.1. The Bertz CT molecular complexity index is 713. The third kappa shape index (κ3) is 4.08. The van der Waals surface area contributed by atoms with Crippen LogP contribution in [0.5, 0.6) is 11.5 Å². The minimum absolute atomic E-state index is 0.165. The van der Waals surface area contributed by atoms with Gasteiger partial charge in [-0.15, -0.1) is 0 Å². The minimum Gasteiger partial charge on any atom is -0.457 e. The Labute approximate surface area is 138 Å². The topological polar surface area (TPSA) is 47.6 Å². The van der Waals surface area contributed by atoms with Gasteiger partial charge in [0.2, 0.25) is 0 Å². The SMILES string of the molecule is O=C(NC[C@H]1CCOC1)c1ccc(Oc2ccc(F)c(F)c2)cc1. The van der Waals surface area contributed by atoms with Crippen molar-refractivity contribution in [2.24, 2.45) is 5.92 Å². The molecule has 0 radical (unpaired) electrons. The Hall–Kier alpha value is -2.47. The van der Waals surface area contributed by atoms with Crippen LogP contribution in [0.15, 0.2) is 42.5 Å². The van der Waals surface area contributed by atoms with E-state index in [1.54, 1.807) is 24.3 Å². The molecule has 126 valence electrons. The number of hydrogen-bond acceptors (Lipinski definition) is 3. The van der Waals surface area contributed by atoms with Crippen LogP contribution < -0.4 is 10.1 Å². The zero-order valence-electron chi connectivity index (χ0n) is 12.9. The number of ether oxygens (including phenoxy) is 2. The quantitative estimate of drug-likeness (QED) is 0.911. The molecule has 2 aromatic rings. The fourth-order valence-electron chi connectivity index (χ4n) is 2.43. The van der Waals surface area contributed by atoms with Gasteiger partial charge < -0.3 is 14.8 Å². The first kappa shape index (κ1) is 16.4. The fourth-order valence-corrected chi connectivity index (χ4v) is 2.43. The molecule has 1 aliphatic heterocycles. The summed E-state index contributed by atoms with van der Waals surface area (Å²) in [6.45, 7) is 2.02. The summed E-state index contributed by atoms with van der Waals surface area (Å²) in [7, 11) is 0. The van der Waals surface area contributed by atoms with Crippen LogP contribution in [0.2, 0.25) is 0 Å². The van der Waals surface area contributed by atoms with E-state index in [-0.39, 0.29) is 11.7 Å². The second-order valence-electron chi connectivity index (χ2n) is 5.64. The molecule has 1 aliphatic rings. The van der Waals surface area contributed by atoms with Gasteiger partial charge in [-0.2, -0.15) is 0 Å². The Balaban J connectivity index is 1.57. The lowest BCUT2D eigenvalue weighted by Gasteiger charge is -2.10. The normalized spacial score (nSPS) is 16.8. The summed E-state index contributed by atoms with van der Waals surface area (Å²) in [4.78, 5) is 12.1. The van der Waals surface area contributed by atoms with Crippen LogP contribution in [-0.4, -0.2) is 25.7 Å². The highest BCUT2D eigenvalue weighted by Gasteiger charge is 2.16. The Morgan fingerprint density at radius 3 is 2.54 bits per heavy atom. The summed E-state index contributed by atoms with van der Waals surface area (Å²) in [6.07, 6.45) is 0.960. The van der Waals surface area contributed by atoms with Crippen LogP contribution in [0.3, 0.4) is 0 Å². The van der Waals surface area contributed by atoms with Gasteiger partial charge >= 0.3 is 0 Å². The van der Waals surface area contributed by atoms with Gasteiger partial charge in [0.05, 0.1) is 6.61 Å². The van der Waals surface area contributed by atoms with Gasteiger partial charge in [-0.25, -0.2) is 8.78 Å². The first-order valence-electron chi connectivity index (χ1n) is 7.71. The third-order valence-corrected chi connectivity index (χ3v) is 3.82. The molecule has 0 saturated carbocycles. The Morgan fingerprint density at radius 2 is 1.88 bits per heavy atom. The summed E-state index contributed by atoms with van der Waals surface area (Å²) in [5.74, 6) is -1.08. The lowest BCUT2D eigenvalue weighted by molar-refractivity contribution is 0.0945. The second kappa shape index (κ2) is 7.40. The van der Waals surface area contributed by atoms with Gasteiger partial charge in [-0.05, 0) is 42.8 Å². The molecule has 1 atom stereocenters. The van der Waals surface area contributed by atoms with Crippen molar-refractivity contribution in [3.05, 3.63) is 59.7 Å². The summed E-state index contributed by atoms with van der Waals surface area (Å²) in [6, 6.07) is 9.76. The molecular formula is C18H17F2NO3. The molecule has 1 N–H and O–H groups in total. The van der Waals surface area contributed by atoms with E-state index in [4.69, 9.17) is 9.47 Å². The molecule has 6 heteroatoms. The molecule has 0 unspecified atom stereocenters. The Kier molecular flexibility index (Phi) is 5.05. The van der Waals surface area contributed by atoms with Gasteiger partial charge in [-0.1, -0.05) is 0 Å². The smallest absolute Gasteiger partial charge is 0.251 e. The first-order valence-corrected chi connectivity index (χ1v) is 7.71. The molecule has 0 aromatic heterocycles. The van der Waals surface area contributed by atoms with Crippen LogP contribution in [-0.2, 0) is 4.74 Å². The van der Waals surface area contributed by atoms with E-state index in [9.17, 15) is 13.6 Å². The predicted octanol–water partition coefficient (Wildman–Crippen LogP) is 3.52. The molecule has 24 heavy (non-hydrogen) atoms. The number of amides is 1. The number of carbonyl (C=O) groups excluding carboxylic acids is 1. The van der Waals surface area contributed by atoms with Gasteiger partial charge in [0.1, 0.15) is 11.5 Å². The van der Waals surface area contributed by atoms with Gasteiger partial charge in [0.25, 0.3) is 5.91 Å². The molecule has 4 nitrogen and oxygen atoms in total. The van der Waals surface area contributed by atoms with Crippen molar-refractivity contribution >= 4 is 5.91 Å². The summed E-state index contributed by atoms with van der Waals surface area (Å²) < 4.78 is 36.7. The van der Waals surface area contributed by atoms with Crippen molar-refractivity contribution < 1.29 is 23.0 Å². The average Bonchev–Trinajstić information content (AvgIpc) is 3.10. The van der Waals surface area contributed by atoms with Crippen LogP contribution in [0.1, 0.15) is 16.8 Å². The average molecular weight is 333 g/mol. The van der Waals surface area contributed by atoms with Gasteiger partial charge in [0, 0.05) is 30.7 Å². The van der Waals surface area contributed by atoms with Gasteiger partial charge in [0.15, 0.2) is 11.6 Å². The monoisotopic (exact) mass is 333 g/mol. The predicted molar refractivity (Wildman–Crippen MR) is 84.1 cm³/mol. The van der Waals surface area contributed by atoms with Crippen molar-refractivity contribution in [1.29, 1.82) is 0 Å². The third-order valence-electron chi connectivity index (χ3n) is 3.82. The van der Waals surface area contributed by atoms with Crippen LogP contribution in [0.25, 0.3) is 0 Å². The summed E-state index contributed by atoms with van der Waals surface area (Å²) >= 11 is 0. The highest BCUT2D eigenvalue weighted by atomic mass is 19.2. The number of hydrogen-bond donors (Lipinski definition) is 1.